The second-order valence-electron chi connectivity index (χ2n) is 3.67. The second-order valence-corrected chi connectivity index (χ2v) is 3.67. The van der Waals surface area contributed by atoms with Gasteiger partial charge in [0.2, 0.25) is 0 Å². The first-order valence-corrected chi connectivity index (χ1v) is 5.47. The lowest BCUT2D eigenvalue weighted by Crippen LogP contribution is -2.34. The lowest BCUT2D eigenvalue weighted by Gasteiger charge is -2.27. The van der Waals surface area contributed by atoms with Gasteiger partial charge in [-0.25, -0.2) is 0 Å². The molecule has 0 saturated carbocycles. The predicted octanol–water partition coefficient (Wildman–Crippen LogP) is 2.19. The van der Waals surface area contributed by atoms with Crippen LogP contribution in [0.1, 0.15) is 39.0 Å². The quantitative estimate of drug-likeness (QED) is 0.591. The highest BCUT2D eigenvalue weighted by Crippen LogP contribution is 2.15. The lowest BCUT2D eigenvalue weighted by molar-refractivity contribution is 0.391. The van der Waals surface area contributed by atoms with Crippen molar-refractivity contribution >= 4 is 5.84 Å². The van der Waals surface area contributed by atoms with E-state index in [0.29, 0.717) is 0 Å². The zero-order valence-electron chi connectivity index (χ0n) is 9.00. The van der Waals surface area contributed by atoms with Gasteiger partial charge in [-0.15, -0.1) is 0 Å². The number of hydrogen-bond acceptors (Lipinski definition) is 3. The maximum absolute atomic E-state index is 7.32. The fourth-order valence-corrected chi connectivity index (χ4v) is 1.94. The molecule has 14 heavy (non-hydrogen) atoms. The molecule has 2 aliphatic heterocycles. The minimum atomic E-state index is 1.08. The van der Waals surface area contributed by atoms with Gasteiger partial charge < -0.3 is 4.90 Å². The van der Waals surface area contributed by atoms with Gasteiger partial charge in [0, 0.05) is 33.0 Å². The van der Waals surface area contributed by atoms with Crippen LogP contribution in [0.4, 0.5) is 0 Å². The first-order chi connectivity index (χ1) is 6.88. The van der Waals surface area contributed by atoms with Gasteiger partial charge in [0.25, 0.3) is 0 Å². The summed E-state index contributed by atoms with van der Waals surface area (Å²) in [7, 11) is 0. The van der Waals surface area contributed by atoms with E-state index >= 15 is 0 Å². The highest BCUT2D eigenvalue weighted by molar-refractivity contribution is 5.83. The van der Waals surface area contributed by atoms with E-state index in [4.69, 9.17) is 5.26 Å². The van der Waals surface area contributed by atoms with Crippen LogP contribution in [0.5, 0.6) is 0 Å². The van der Waals surface area contributed by atoms with Gasteiger partial charge in [-0.2, -0.15) is 5.26 Å². The van der Waals surface area contributed by atoms with Crippen molar-refractivity contribution in [3.63, 3.8) is 0 Å². The third kappa shape index (κ3) is 3.37. The number of amidine groups is 1. The van der Waals surface area contributed by atoms with E-state index in [1.54, 1.807) is 6.07 Å². The Morgan fingerprint density at radius 2 is 1.93 bits per heavy atom. The average molecular weight is 193 g/mol. The van der Waals surface area contributed by atoms with Crippen LogP contribution in [0.25, 0.3) is 0 Å². The fourth-order valence-electron chi connectivity index (χ4n) is 1.94. The summed E-state index contributed by atoms with van der Waals surface area (Å²) in [5.74, 6) is 1.40. The summed E-state index contributed by atoms with van der Waals surface area (Å²) in [6, 6.07) is 1.75. The Balaban J connectivity index is 0.000000293. The minimum absolute atomic E-state index is 1.08. The largest absolute Gasteiger partial charge is 0.360 e. The predicted molar refractivity (Wildman–Crippen MR) is 58.2 cm³/mol. The van der Waals surface area contributed by atoms with E-state index in [1.165, 1.54) is 58.0 Å². The standard InChI is InChI=1S/C9H16N2.C2H3N/c1-2-5-9-10-6-4-8-11(9)7-3-1;1-2-3/h1-8H2;1H3. The molecule has 0 aromatic heterocycles. The van der Waals surface area contributed by atoms with Gasteiger partial charge in [0.05, 0.1) is 11.9 Å². The van der Waals surface area contributed by atoms with Crippen LogP contribution in [-0.2, 0) is 0 Å². The molecule has 78 valence electrons. The molecule has 0 N–H and O–H groups in total. The maximum atomic E-state index is 7.32. The third-order valence-corrected chi connectivity index (χ3v) is 2.57. The first kappa shape index (κ1) is 11.0. The van der Waals surface area contributed by atoms with E-state index in [2.05, 4.69) is 9.89 Å². The Morgan fingerprint density at radius 1 is 1.21 bits per heavy atom. The van der Waals surface area contributed by atoms with Crippen molar-refractivity contribution in [1.29, 1.82) is 5.26 Å². The van der Waals surface area contributed by atoms with Gasteiger partial charge in [0.1, 0.15) is 0 Å². The van der Waals surface area contributed by atoms with Crippen LogP contribution >= 0.6 is 0 Å². The van der Waals surface area contributed by atoms with Gasteiger partial charge in [-0.1, -0.05) is 6.42 Å². The molecule has 0 bridgehead atoms. The van der Waals surface area contributed by atoms with Crippen LogP contribution in [0.2, 0.25) is 0 Å². The molecule has 2 rings (SSSR count). The molecule has 0 radical (unpaired) electrons. The molecule has 2 aliphatic rings. The molecular formula is C11H19N3. The minimum Gasteiger partial charge on any atom is -0.360 e. The topological polar surface area (TPSA) is 39.4 Å². The van der Waals surface area contributed by atoms with Crippen LogP contribution in [0, 0.1) is 11.3 Å². The Morgan fingerprint density at radius 3 is 2.71 bits per heavy atom. The highest BCUT2D eigenvalue weighted by Gasteiger charge is 2.16. The molecule has 0 aromatic rings. The van der Waals surface area contributed by atoms with Crippen molar-refractivity contribution in [3.8, 4) is 6.07 Å². The molecule has 0 amide bonds. The SMILES string of the molecule is C1CCC2=NCCCN2CC1.CC#N. The van der Waals surface area contributed by atoms with E-state index in [1.807, 2.05) is 0 Å². The zero-order valence-corrected chi connectivity index (χ0v) is 9.00. The van der Waals surface area contributed by atoms with Crippen molar-refractivity contribution < 1.29 is 0 Å². The molecule has 2 heterocycles. The van der Waals surface area contributed by atoms with Crippen molar-refractivity contribution in [1.82, 2.24) is 4.90 Å². The van der Waals surface area contributed by atoms with E-state index in [9.17, 15) is 0 Å². The molecule has 0 spiro atoms. The van der Waals surface area contributed by atoms with Crippen molar-refractivity contribution in [2.45, 2.75) is 39.0 Å². The van der Waals surface area contributed by atoms with Crippen LogP contribution in [0.15, 0.2) is 4.99 Å². The van der Waals surface area contributed by atoms with Crippen molar-refractivity contribution in [3.05, 3.63) is 0 Å². The van der Waals surface area contributed by atoms with Gasteiger partial charge in [0.15, 0.2) is 0 Å². The molecule has 0 atom stereocenters. The number of fused-ring (bicyclic) bond motifs is 1. The number of nitriles is 1. The summed E-state index contributed by atoms with van der Waals surface area (Å²) >= 11 is 0. The average Bonchev–Trinajstić information content (AvgIpc) is 2.43. The maximum Gasteiger partial charge on any atom is 0.0988 e. The summed E-state index contributed by atoms with van der Waals surface area (Å²) in [4.78, 5) is 7.04. The van der Waals surface area contributed by atoms with E-state index in [0.717, 1.165) is 6.54 Å². The normalized spacial score (nSPS) is 20.6. The summed E-state index contributed by atoms with van der Waals surface area (Å²) in [6.45, 7) is 5.03. The first-order valence-electron chi connectivity index (χ1n) is 5.47. The lowest BCUT2D eigenvalue weighted by atomic mass is 10.2. The Hall–Kier alpha value is -1.04. The molecule has 1 fully saturated rings. The summed E-state index contributed by atoms with van der Waals surface area (Å²) in [6.07, 6.45) is 6.63. The molecule has 3 heteroatoms. The summed E-state index contributed by atoms with van der Waals surface area (Å²) < 4.78 is 0. The number of aliphatic imine (C=N–C) groups is 1. The molecule has 0 unspecified atom stereocenters. The molecule has 0 aromatic carbocycles. The summed E-state index contributed by atoms with van der Waals surface area (Å²) in [5, 5.41) is 7.32. The van der Waals surface area contributed by atoms with Crippen LogP contribution < -0.4 is 0 Å². The Bertz CT molecular complexity index is 227. The molecule has 1 saturated heterocycles. The van der Waals surface area contributed by atoms with Gasteiger partial charge >= 0.3 is 0 Å². The Kier molecular flexibility index (Phi) is 5.06. The van der Waals surface area contributed by atoms with E-state index in [-0.39, 0.29) is 0 Å². The Labute approximate surface area is 86.4 Å². The number of nitrogens with zero attached hydrogens (tertiary/aromatic N) is 3. The van der Waals surface area contributed by atoms with Crippen LogP contribution in [0.3, 0.4) is 0 Å². The second kappa shape index (κ2) is 6.42. The molecule has 3 nitrogen and oxygen atoms in total. The molecule has 0 aliphatic carbocycles. The van der Waals surface area contributed by atoms with Crippen molar-refractivity contribution in [2.75, 3.05) is 19.6 Å². The van der Waals surface area contributed by atoms with Crippen LogP contribution in [-0.4, -0.2) is 30.4 Å². The smallest absolute Gasteiger partial charge is 0.0988 e. The number of rotatable bonds is 0. The zero-order chi connectivity index (χ0) is 10.2. The molecular weight excluding hydrogens is 174 g/mol. The monoisotopic (exact) mass is 193 g/mol. The van der Waals surface area contributed by atoms with Crippen molar-refractivity contribution in [2.24, 2.45) is 4.99 Å². The number of hydrogen-bond donors (Lipinski definition) is 0. The third-order valence-electron chi connectivity index (χ3n) is 2.57. The highest BCUT2D eigenvalue weighted by atomic mass is 15.2. The summed E-state index contributed by atoms with van der Waals surface area (Å²) in [5.41, 5.74) is 0. The van der Waals surface area contributed by atoms with Gasteiger partial charge in [-0.3, -0.25) is 4.99 Å². The fraction of sp³-hybridized carbons (Fsp3) is 0.818. The van der Waals surface area contributed by atoms with Gasteiger partial charge in [-0.05, 0) is 19.3 Å². The van der Waals surface area contributed by atoms with E-state index < -0.39 is 0 Å².